The van der Waals surface area contributed by atoms with E-state index in [2.05, 4.69) is 25.9 Å². The molecular formula is C9H14BrN3O2S. The first-order chi connectivity index (χ1) is 7.20. The number of anilines is 1. The molecule has 2 N–H and O–H groups in total. The van der Waals surface area contributed by atoms with E-state index in [4.69, 9.17) is 5.73 Å². The minimum Gasteiger partial charge on any atom is -0.383 e. The van der Waals surface area contributed by atoms with Crippen LogP contribution in [0.4, 0.5) is 5.82 Å². The average Bonchev–Trinajstić information content (AvgIpc) is 2.07. The molecule has 5 nitrogen and oxygen atoms in total. The summed E-state index contributed by atoms with van der Waals surface area (Å²) < 4.78 is 22.9. The highest BCUT2D eigenvalue weighted by Gasteiger charge is 2.15. The Kier molecular flexibility index (Phi) is 3.90. The Balaban J connectivity index is 3.24. The zero-order valence-corrected chi connectivity index (χ0v) is 11.8. The van der Waals surface area contributed by atoms with Crippen LogP contribution in [0.5, 0.6) is 0 Å². The molecule has 0 atom stereocenters. The van der Waals surface area contributed by atoms with Gasteiger partial charge in [0.25, 0.3) is 0 Å². The molecule has 0 aliphatic rings. The molecule has 0 spiro atoms. The molecule has 0 aromatic carbocycles. The molecule has 1 rings (SSSR count). The van der Waals surface area contributed by atoms with E-state index in [0.29, 0.717) is 4.47 Å². The van der Waals surface area contributed by atoms with Crippen LogP contribution in [-0.2, 0) is 15.6 Å². The fourth-order valence-electron chi connectivity index (χ4n) is 1.21. The predicted molar refractivity (Wildman–Crippen MR) is 66.8 cm³/mol. The standard InChI is InChI=1S/C9H14BrN3O2S/c1-5(2)8-7(10)9(11)13-6(12-8)4-16(3,14)15/h5H,4H2,1-3H3,(H2,11,12,13). The summed E-state index contributed by atoms with van der Waals surface area (Å²) in [5, 5.41) is 0. The number of rotatable bonds is 3. The van der Waals surface area contributed by atoms with Crippen LogP contribution in [0.3, 0.4) is 0 Å². The number of sulfone groups is 1. The highest BCUT2D eigenvalue weighted by molar-refractivity contribution is 9.10. The highest BCUT2D eigenvalue weighted by atomic mass is 79.9. The maximum Gasteiger partial charge on any atom is 0.154 e. The second-order valence-corrected chi connectivity index (χ2v) is 6.88. The zero-order chi connectivity index (χ0) is 12.5. The topological polar surface area (TPSA) is 85.9 Å². The third-order valence-corrected chi connectivity index (χ3v) is 3.48. The molecule has 0 saturated carbocycles. The molecular weight excluding hydrogens is 294 g/mol. The lowest BCUT2D eigenvalue weighted by molar-refractivity contribution is 0.599. The van der Waals surface area contributed by atoms with Crippen LogP contribution in [0.15, 0.2) is 4.47 Å². The zero-order valence-electron chi connectivity index (χ0n) is 9.36. The molecule has 0 fully saturated rings. The van der Waals surface area contributed by atoms with Crippen molar-refractivity contribution in [1.82, 2.24) is 9.97 Å². The molecule has 1 aromatic rings. The second-order valence-electron chi connectivity index (χ2n) is 3.95. The number of aromatic nitrogens is 2. The summed E-state index contributed by atoms with van der Waals surface area (Å²) in [6.07, 6.45) is 1.14. The van der Waals surface area contributed by atoms with Crippen LogP contribution >= 0.6 is 15.9 Å². The molecule has 7 heteroatoms. The van der Waals surface area contributed by atoms with Crippen molar-refractivity contribution in [2.24, 2.45) is 0 Å². The lowest BCUT2D eigenvalue weighted by Crippen LogP contribution is -2.10. The van der Waals surface area contributed by atoms with E-state index >= 15 is 0 Å². The first-order valence-corrected chi connectivity index (χ1v) is 7.55. The van der Waals surface area contributed by atoms with Gasteiger partial charge in [-0.15, -0.1) is 0 Å². The van der Waals surface area contributed by atoms with Gasteiger partial charge in [-0.2, -0.15) is 0 Å². The molecule has 1 heterocycles. The first kappa shape index (κ1) is 13.4. The summed E-state index contributed by atoms with van der Waals surface area (Å²) in [7, 11) is -3.15. The van der Waals surface area contributed by atoms with Crippen LogP contribution in [0.2, 0.25) is 0 Å². The average molecular weight is 308 g/mol. The SMILES string of the molecule is CC(C)c1nc(CS(C)(=O)=O)nc(N)c1Br. The summed E-state index contributed by atoms with van der Waals surface area (Å²) in [5.41, 5.74) is 6.41. The molecule has 0 bridgehead atoms. The number of nitrogens with two attached hydrogens (primary N) is 1. The monoisotopic (exact) mass is 307 g/mol. The third-order valence-electron chi connectivity index (χ3n) is 1.89. The number of nitrogens with zero attached hydrogens (tertiary/aromatic N) is 2. The Morgan fingerprint density at radius 3 is 2.38 bits per heavy atom. The van der Waals surface area contributed by atoms with E-state index in [1.807, 2.05) is 13.8 Å². The molecule has 90 valence electrons. The largest absolute Gasteiger partial charge is 0.383 e. The van der Waals surface area contributed by atoms with Gasteiger partial charge in [0.1, 0.15) is 17.4 Å². The number of hydrogen-bond acceptors (Lipinski definition) is 5. The van der Waals surface area contributed by atoms with Crippen LogP contribution in [0, 0.1) is 0 Å². The molecule has 0 saturated heterocycles. The molecule has 0 radical (unpaired) electrons. The normalized spacial score (nSPS) is 12.1. The van der Waals surface area contributed by atoms with Gasteiger partial charge in [-0.1, -0.05) is 13.8 Å². The number of halogens is 1. The third kappa shape index (κ3) is 3.41. The smallest absolute Gasteiger partial charge is 0.154 e. The Hall–Kier alpha value is -0.690. The summed E-state index contributed by atoms with van der Waals surface area (Å²) in [5.74, 6) is 0.478. The number of hydrogen-bond donors (Lipinski definition) is 1. The molecule has 16 heavy (non-hydrogen) atoms. The van der Waals surface area contributed by atoms with Gasteiger partial charge in [0.05, 0.1) is 10.2 Å². The van der Waals surface area contributed by atoms with Crippen LogP contribution in [0.25, 0.3) is 0 Å². The van der Waals surface area contributed by atoms with Gasteiger partial charge in [-0.05, 0) is 21.8 Å². The summed E-state index contributed by atoms with van der Waals surface area (Å²) in [4.78, 5) is 8.14. The van der Waals surface area contributed by atoms with Crippen molar-refractivity contribution in [2.45, 2.75) is 25.5 Å². The molecule has 0 amide bonds. The van der Waals surface area contributed by atoms with Gasteiger partial charge in [-0.25, -0.2) is 18.4 Å². The molecule has 0 unspecified atom stereocenters. The Morgan fingerprint density at radius 1 is 1.38 bits per heavy atom. The minimum atomic E-state index is -3.15. The fraction of sp³-hybridized carbons (Fsp3) is 0.556. The molecule has 1 aromatic heterocycles. The predicted octanol–water partition coefficient (Wildman–Crippen LogP) is 1.49. The van der Waals surface area contributed by atoms with Crippen molar-refractivity contribution in [2.75, 3.05) is 12.0 Å². The van der Waals surface area contributed by atoms with Crippen molar-refractivity contribution >= 4 is 31.6 Å². The van der Waals surface area contributed by atoms with Gasteiger partial charge in [0, 0.05) is 6.26 Å². The van der Waals surface area contributed by atoms with E-state index in [0.717, 1.165) is 11.9 Å². The Labute approximate surface area is 104 Å². The highest BCUT2D eigenvalue weighted by Crippen LogP contribution is 2.27. The van der Waals surface area contributed by atoms with E-state index < -0.39 is 9.84 Å². The fourth-order valence-corrected chi connectivity index (χ4v) is 2.45. The minimum absolute atomic E-state index is 0.151. The molecule has 0 aliphatic heterocycles. The van der Waals surface area contributed by atoms with E-state index in [-0.39, 0.29) is 23.3 Å². The lowest BCUT2D eigenvalue weighted by atomic mass is 10.1. The van der Waals surface area contributed by atoms with E-state index in [1.165, 1.54) is 0 Å². The summed E-state index contributed by atoms with van der Waals surface area (Å²) in [6.45, 7) is 3.91. The van der Waals surface area contributed by atoms with Crippen LogP contribution in [-0.4, -0.2) is 24.6 Å². The maximum atomic E-state index is 11.1. The lowest BCUT2D eigenvalue weighted by Gasteiger charge is -2.10. The van der Waals surface area contributed by atoms with Crippen LogP contribution in [0.1, 0.15) is 31.3 Å². The maximum absolute atomic E-state index is 11.1. The van der Waals surface area contributed by atoms with Gasteiger partial charge in [0.2, 0.25) is 0 Å². The van der Waals surface area contributed by atoms with Crippen molar-refractivity contribution in [3.05, 3.63) is 16.0 Å². The summed E-state index contributed by atoms with van der Waals surface area (Å²) >= 11 is 3.30. The summed E-state index contributed by atoms with van der Waals surface area (Å²) in [6, 6.07) is 0. The second kappa shape index (κ2) is 4.67. The van der Waals surface area contributed by atoms with Gasteiger partial charge in [-0.3, -0.25) is 0 Å². The van der Waals surface area contributed by atoms with Gasteiger partial charge >= 0.3 is 0 Å². The van der Waals surface area contributed by atoms with Crippen molar-refractivity contribution < 1.29 is 8.42 Å². The van der Waals surface area contributed by atoms with Gasteiger partial charge < -0.3 is 5.73 Å². The van der Waals surface area contributed by atoms with Crippen molar-refractivity contribution in [3.8, 4) is 0 Å². The van der Waals surface area contributed by atoms with Crippen molar-refractivity contribution in [3.63, 3.8) is 0 Å². The van der Waals surface area contributed by atoms with Gasteiger partial charge in [0.15, 0.2) is 9.84 Å². The first-order valence-electron chi connectivity index (χ1n) is 4.70. The quantitative estimate of drug-likeness (QED) is 0.914. The molecule has 0 aliphatic carbocycles. The Morgan fingerprint density at radius 2 is 1.94 bits per heavy atom. The van der Waals surface area contributed by atoms with E-state index in [1.54, 1.807) is 0 Å². The number of nitrogen functional groups attached to an aromatic ring is 1. The van der Waals surface area contributed by atoms with Crippen molar-refractivity contribution in [1.29, 1.82) is 0 Å². The van der Waals surface area contributed by atoms with E-state index in [9.17, 15) is 8.42 Å². The Bertz CT molecular complexity index is 500. The van der Waals surface area contributed by atoms with Crippen LogP contribution < -0.4 is 5.73 Å².